The summed E-state index contributed by atoms with van der Waals surface area (Å²) in [7, 11) is 0. The monoisotopic (exact) mass is 285 g/mol. The summed E-state index contributed by atoms with van der Waals surface area (Å²) in [4.78, 5) is 2.68. The Bertz CT molecular complexity index is 466. The minimum absolute atomic E-state index is 0.352. The van der Waals surface area contributed by atoms with Crippen molar-refractivity contribution >= 4 is 0 Å². The van der Waals surface area contributed by atoms with Gasteiger partial charge in [0.1, 0.15) is 0 Å². The van der Waals surface area contributed by atoms with Gasteiger partial charge in [0.25, 0.3) is 0 Å². The predicted molar refractivity (Wildman–Crippen MR) is 84.9 cm³/mol. The lowest BCUT2D eigenvalue weighted by Gasteiger charge is -2.46. The molecule has 1 aliphatic carbocycles. The molecule has 2 aliphatic heterocycles. The minimum atomic E-state index is -0.352. The Labute approximate surface area is 128 Å². The Morgan fingerprint density at radius 2 is 1.57 bits per heavy atom. The first-order valence-corrected chi connectivity index (χ1v) is 8.77. The zero-order chi connectivity index (χ0) is 14.3. The van der Waals surface area contributed by atoms with Crippen molar-refractivity contribution in [1.82, 2.24) is 4.90 Å². The molecule has 2 nitrogen and oxygen atoms in total. The number of aliphatic hydroxyl groups is 1. The van der Waals surface area contributed by atoms with Crippen molar-refractivity contribution in [3.63, 3.8) is 0 Å². The Hall–Kier alpha value is -0.860. The van der Waals surface area contributed by atoms with E-state index in [1.807, 2.05) is 0 Å². The molecular weight excluding hydrogens is 258 g/mol. The standard InChI is InChI=1S/C19H27NO/c21-19(16-8-4-5-9-16)12-17-10-11-18(13-19)20(17)14-15-6-2-1-3-7-15/h1-3,6-7,16-18,21H,4-5,8-14H2. The fraction of sp³-hybridized carbons (Fsp3) is 0.684. The van der Waals surface area contributed by atoms with E-state index >= 15 is 0 Å². The molecular formula is C19H27NO. The molecule has 0 radical (unpaired) electrons. The van der Waals surface area contributed by atoms with Crippen LogP contribution in [0.2, 0.25) is 0 Å². The highest BCUT2D eigenvalue weighted by atomic mass is 16.3. The van der Waals surface area contributed by atoms with E-state index in [9.17, 15) is 5.11 Å². The van der Waals surface area contributed by atoms with Gasteiger partial charge in [-0.25, -0.2) is 0 Å². The molecule has 21 heavy (non-hydrogen) atoms. The first-order chi connectivity index (χ1) is 10.2. The molecule has 2 heteroatoms. The molecule has 4 rings (SSSR count). The van der Waals surface area contributed by atoms with Crippen LogP contribution < -0.4 is 0 Å². The SMILES string of the molecule is OC1(C2CCCC2)CC2CCC(C1)N2Cc1ccccc1. The molecule has 1 aromatic rings. The zero-order valence-electron chi connectivity index (χ0n) is 12.9. The molecule has 0 amide bonds. The van der Waals surface area contributed by atoms with Gasteiger partial charge < -0.3 is 5.11 Å². The highest BCUT2D eigenvalue weighted by molar-refractivity contribution is 5.16. The van der Waals surface area contributed by atoms with Crippen molar-refractivity contribution in [2.75, 3.05) is 0 Å². The normalized spacial score (nSPS) is 37.2. The number of hydrogen-bond donors (Lipinski definition) is 1. The third-order valence-electron chi connectivity index (χ3n) is 6.27. The lowest BCUT2D eigenvalue weighted by Crippen LogP contribution is -2.53. The highest BCUT2D eigenvalue weighted by Gasteiger charge is 2.50. The number of benzene rings is 1. The van der Waals surface area contributed by atoms with Crippen LogP contribution in [-0.4, -0.2) is 27.7 Å². The summed E-state index contributed by atoms with van der Waals surface area (Å²) < 4.78 is 0. The highest BCUT2D eigenvalue weighted by Crippen LogP contribution is 2.48. The number of piperidine rings is 1. The molecule has 2 saturated heterocycles. The number of nitrogens with zero attached hydrogens (tertiary/aromatic N) is 1. The number of fused-ring (bicyclic) bond motifs is 2. The van der Waals surface area contributed by atoms with Crippen LogP contribution in [0.3, 0.4) is 0 Å². The topological polar surface area (TPSA) is 23.5 Å². The fourth-order valence-corrected chi connectivity index (χ4v) is 5.20. The van der Waals surface area contributed by atoms with Crippen LogP contribution in [-0.2, 0) is 6.54 Å². The van der Waals surface area contributed by atoms with Crippen LogP contribution >= 0.6 is 0 Å². The first-order valence-electron chi connectivity index (χ1n) is 8.77. The smallest absolute Gasteiger partial charge is 0.0705 e. The Kier molecular flexibility index (Phi) is 3.55. The molecule has 2 heterocycles. The van der Waals surface area contributed by atoms with Crippen LogP contribution in [0.1, 0.15) is 56.9 Å². The van der Waals surface area contributed by atoms with E-state index < -0.39 is 0 Å². The maximum absolute atomic E-state index is 11.2. The number of rotatable bonds is 3. The molecule has 1 aromatic carbocycles. The second-order valence-corrected chi connectivity index (χ2v) is 7.54. The second-order valence-electron chi connectivity index (χ2n) is 7.54. The van der Waals surface area contributed by atoms with Crippen LogP contribution in [0, 0.1) is 5.92 Å². The summed E-state index contributed by atoms with van der Waals surface area (Å²) in [5.41, 5.74) is 1.07. The van der Waals surface area contributed by atoms with E-state index in [2.05, 4.69) is 35.2 Å². The van der Waals surface area contributed by atoms with Gasteiger partial charge >= 0.3 is 0 Å². The van der Waals surface area contributed by atoms with E-state index in [4.69, 9.17) is 0 Å². The van der Waals surface area contributed by atoms with Crippen LogP contribution in [0.15, 0.2) is 30.3 Å². The summed E-state index contributed by atoms with van der Waals surface area (Å²) in [5.74, 6) is 0.583. The largest absolute Gasteiger partial charge is 0.389 e. The van der Waals surface area contributed by atoms with Crippen molar-refractivity contribution < 1.29 is 5.11 Å². The van der Waals surface area contributed by atoms with Gasteiger partial charge in [-0.1, -0.05) is 43.2 Å². The average molecular weight is 285 g/mol. The van der Waals surface area contributed by atoms with Crippen molar-refractivity contribution in [2.45, 2.75) is 75.6 Å². The predicted octanol–water partition coefficient (Wildman–Crippen LogP) is 3.73. The molecule has 3 aliphatic rings. The van der Waals surface area contributed by atoms with Gasteiger partial charge in [-0.3, -0.25) is 4.90 Å². The fourth-order valence-electron chi connectivity index (χ4n) is 5.20. The zero-order valence-corrected chi connectivity index (χ0v) is 12.9. The van der Waals surface area contributed by atoms with Gasteiger partial charge in [0.05, 0.1) is 5.60 Å². The van der Waals surface area contributed by atoms with Crippen molar-refractivity contribution in [2.24, 2.45) is 5.92 Å². The Morgan fingerprint density at radius 1 is 0.952 bits per heavy atom. The third kappa shape index (κ3) is 2.53. The molecule has 114 valence electrons. The summed E-state index contributed by atoms with van der Waals surface area (Å²) in [6, 6.07) is 12.0. The van der Waals surface area contributed by atoms with Crippen LogP contribution in [0.4, 0.5) is 0 Å². The van der Waals surface area contributed by atoms with E-state index in [1.165, 1.54) is 44.1 Å². The molecule has 0 spiro atoms. The van der Waals surface area contributed by atoms with Gasteiger partial charge in [0, 0.05) is 18.6 Å². The van der Waals surface area contributed by atoms with E-state index in [0.717, 1.165) is 19.4 Å². The minimum Gasteiger partial charge on any atom is -0.389 e. The number of hydrogen-bond acceptors (Lipinski definition) is 2. The molecule has 2 unspecified atom stereocenters. The Balaban J connectivity index is 1.48. The molecule has 3 fully saturated rings. The van der Waals surface area contributed by atoms with Gasteiger partial charge in [0.15, 0.2) is 0 Å². The molecule has 0 aromatic heterocycles. The molecule has 2 atom stereocenters. The molecule has 1 saturated carbocycles. The van der Waals surface area contributed by atoms with Gasteiger partial charge in [-0.05, 0) is 50.0 Å². The van der Waals surface area contributed by atoms with Crippen molar-refractivity contribution in [3.8, 4) is 0 Å². The van der Waals surface area contributed by atoms with E-state index in [-0.39, 0.29) is 5.60 Å². The lowest BCUT2D eigenvalue weighted by molar-refractivity contribution is -0.0917. The quantitative estimate of drug-likeness (QED) is 0.914. The van der Waals surface area contributed by atoms with Crippen molar-refractivity contribution in [1.29, 1.82) is 0 Å². The van der Waals surface area contributed by atoms with E-state index in [1.54, 1.807) is 0 Å². The summed E-state index contributed by atoms with van der Waals surface area (Å²) in [5, 5.41) is 11.2. The maximum Gasteiger partial charge on any atom is 0.0705 e. The van der Waals surface area contributed by atoms with Gasteiger partial charge in [0.2, 0.25) is 0 Å². The summed E-state index contributed by atoms with van der Waals surface area (Å²) in [6.45, 7) is 1.07. The summed E-state index contributed by atoms with van der Waals surface area (Å²) >= 11 is 0. The van der Waals surface area contributed by atoms with E-state index in [0.29, 0.717) is 18.0 Å². The molecule has 1 N–H and O–H groups in total. The average Bonchev–Trinajstić information content (AvgIpc) is 3.10. The van der Waals surface area contributed by atoms with Crippen LogP contribution in [0.5, 0.6) is 0 Å². The maximum atomic E-state index is 11.2. The first kappa shape index (κ1) is 13.8. The van der Waals surface area contributed by atoms with Gasteiger partial charge in [-0.15, -0.1) is 0 Å². The summed E-state index contributed by atoms with van der Waals surface area (Å²) in [6.07, 6.45) is 9.77. The Morgan fingerprint density at radius 3 is 2.19 bits per heavy atom. The van der Waals surface area contributed by atoms with Crippen molar-refractivity contribution in [3.05, 3.63) is 35.9 Å². The van der Waals surface area contributed by atoms with Gasteiger partial charge in [-0.2, -0.15) is 0 Å². The molecule has 2 bridgehead atoms. The third-order valence-corrected chi connectivity index (χ3v) is 6.27. The van der Waals surface area contributed by atoms with Crippen LogP contribution in [0.25, 0.3) is 0 Å². The second kappa shape index (κ2) is 5.40. The lowest BCUT2D eigenvalue weighted by atomic mass is 9.75.